The fourth-order valence-electron chi connectivity index (χ4n) is 3.38. The molecule has 0 amide bonds. The number of halogens is 1. The number of fused-ring (bicyclic) bond motifs is 1. The molecule has 0 bridgehead atoms. The number of hydrogen-bond acceptors (Lipinski definition) is 2. The lowest BCUT2D eigenvalue weighted by Gasteiger charge is -2.12. The average molecular weight is 326 g/mol. The summed E-state index contributed by atoms with van der Waals surface area (Å²) in [5.41, 5.74) is 3.55. The fraction of sp³-hybridized carbons (Fsp3) is 0.316. The lowest BCUT2D eigenvalue weighted by molar-refractivity contribution is 0.546. The highest BCUT2D eigenvalue weighted by Crippen LogP contribution is 2.22. The molecule has 0 radical (unpaired) electrons. The van der Waals surface area contributed by atoms with Crippen molar-refractivity contribution in [3.63, 3.8) is 0 Å². The molecule has 0 spiro atoms. The normalized spacial score (nSPS) is 17.9. The molecule has 1 aliphatic rings. The largest absolute Gasteiger partial charge is 0.323 e. The second-order valence-corrected chi connectivity index (χ2v) is 6.73. The molecule has 1 N–H and O–H groups in total. The molecular formula is C19H20ClN3. The van der Waals surface area contributed by atoms with Gasteiger partial charge in [0.2, 0.25) is 0 Å². The molecule has 0 aliphatic carbocycles. The highest BCUT2D eigenvalue weighted by Gasteiger charge is 2.19. The Morgan fingerprint density at radius 3 is 2.74 bits per heavy atom. The van der Waals surface area contributed by atoms with E-state index in [1.54, 1.807) is 0 Å². The minimum atomic E-state index is 0.691. The third-order valence-corrected chi connectivity index (χ3v) is 4.87. The summed E-state index contributed by atoms with van der Waals surface area (Å²) < 4.78 is 2.36. The van der Waals surface area contributed by atoms with E-state index in [0.717, 1.165) is 36.6 Å². The zero-order valence-electron chi connectivity index (χ0n) is 13.0. The van der Waals surface area contributed by atoms with E-state index >= 15 is 0 Å². The second-order valence-electron chi connectivity index (χ2n) is 6.29. The number of aromatic nitrogens is 2. The van der Waals surface area contributed by atoms with E-state index in [1.807, 2.05) is 12.1 Å². The smallest absolute Gasteiger partial charge is 0.110 e. The molecule has 2 heterocycles. The van der Waals surface area contributed by atoms with Gasteiger partial charge in [-0.1, -0.05) is 35.9 Å². The van der Waals surface area contributed by atoms with E-state index < -0.39 is 0 Å². The van der Waals surface area contributed by atoms with Crippen LogP contribution in [-0.4, -0.2) is 22.6 Å². The summed E-state index contributed by atoms with van der Waals surface area (Å²) in [5, 5.41) is 4.23. The molecule has 3 aromatic rings. The zero-order valence-corrected chi connectivity index (χ0v) is 13.8. The summed E-state index contributed by atoms with van der Waals surface area (Å²) in [6, 6.07) is 16.5. The lowest BCUT2D eigenvalue weighted by atomic mass is 10.0. The van der Waals surface area contributed by atoms with Gasteiger partial charge in [0.25, 0.3) is 0 Å². The van der Waals surface area contributed by atoms with Crippen LogP contribution in [0.15, 0.2) is 48.5 Å². The van der Waals surface area contributed by atoms with Crippen molar-refractivity contribution in [2.45, 2.75) is 19.4 Å². The van der Waals surface area contributed by atoms with Crippen LogP contribution in [-0.2, 0) is 13.0 Å². The van der Waals surface area contributed by atoms with Crippen LogP contribution in [0.5, 0.6) is 0 Å². The third-order valence-electron chi connectivity index (χ3n) is 4.62. The van der Waals surface area contributed by atoms with Gasteiger partial charge in [0, 0.05) is 18.0 Å². The molecule has 1 atom stereocenters. The maximum absolute atomic E-state index is 6.01. The first-order valence-electron chi connectivity index (χ1n) is 8.19. The Morgan fingerprint density at radius 2 is 1.96 bits per heavy atom. The maximum atomic E-state index is 6.01. The van der Waals surface area contributed by atoms with Crippen LogP contribution in [0.3, 0.4) is 0 Å². The predicted molar refractivity (Wildman–Crippen MR) is 95.0 cm³/mol. The van der Waals surface area contributed by atoms with Crippen molar-refractivity contribution in [2.75, 3.05) is 13.1 Å². The standard InChI is InChI=1S/C19H20ClN3/c20-16-7-5-14(6-8-16)13-23-18-4-2-1-3-17(18)22-19(23)11-15-9-10-21-12-15/h1-8,15,21H,9-13H2. The number of para-hydroxylation sites is 2. The molecule has 3 nitrogen and oxygen atoms in total. The molecule has 0 saturated carbocycles. The molecule has 4 heteroatoms. The first-order valence-corrected chi connectivity index (χ1v) is 8.57. The van der Waals surface area contributed by atoms with E-state index in [2.05, 4.69) is 46.3 Å². The molecule has 2 aromatic carbocycles. The highest BCUT2D eigenvalue weighted by molar-refractivity contribution is 6.30. The Morgan fingerprint density at radius 1 is 1.13 bits per heavy atom. The van der Waals surface area contributed by atoms with Gasteiger partial charge in [0.15, 0.2) is 0 Å². The van der Waals surface area contributed by atoms with Gasteiger partial charge in [-0.05, 0) is 55.3 Å². The first kappa shape index (κ1) is 14.7. The van der Waals surface area contributed by atoms with Crippen molar-refractivity contribution < 1.29 is 0 Å². The average Bonchev–Trinajstić information content (AvgIpc) is 3.19. The monoisotopic (exact) mass is 325 g/mol. The van der Waals surface area contributed by atoms with Crippen molar-refractivity contribution in [3.05, 3.63) is 64.9 Å². The Labute approximate surface area is 141 Å². The van der Waals surface area contributed by atoms with Gasteiger partial charge >= 0.3 is 0 Å². The summed E-state index contributed by atoms with van der Waals surface area (Å²) in [5.74, 6) is 1.88. The third kappa shape index (κ3) is 3.12. The molecule has 1 unspecified atom stereocenters. The molecule has 118 valence electrons. The number of rotatable bonds is 4. The van der Waals surface area contributed by atoms with E-state index in [1.165, 1.54) is 23.3 Å². The van der Waals surface area contributed by atoms with Crippen LogP contribution in [0.1, 0.15) is 17.8 Å². The van der Waals surface area contributed by atoms with Gasteiger partial charge in [-0.3, -0.25) is 0 Å². The number of imidazole rings is 1. The van der Waals surface area contributed by atoms with Gasteiger partial charge < -0.3 is 9.88 Å². The summed E-state index contributed by atoms with van der Waals surface area (Å²) in [4.78, 5) is 4.90. The summed E-state index contributed by atoms with van der Waals surface area (Å²) in [7, 11) is 0. The number of nitrogens with zero attached hydrogens (tertiary/aromatic N) is 2. The fourth-order valence-corrected chi connectivity index (χ4v) is 3.50. The van der Waals surface area contributed by atoms with Crippen LogP contribution in [0.4, 0.5) is 0 Å². The zero-order chi connectivity index (χ0) is 15.6. The van der Waals surface area contributed by atoms with Gasteiger partial charge in [-0.15, -0.1) is 0 Å². The van der Waals surface area contributed by atoms with Crippen molar-refractivity contribution in [2.24, 2.45) is 5.92 Å². The Balaban J connectivity index is 1.71. The van der Waals surface area contributed by atoms with Crippen molar-refractivity contribution >= 4 is 22.6 Å². The summed E-state index contributed by atoms with van der Waals surface area (Å²) in [6.45, 7) is 3.07. The van der Waals surface area contributed by atoms with Crippen LogP contribution in [0, 0.1) is 5.92 Å². The quantitative estimate of drug-likeness (QED) is 0.788. The number of hydrogen-bond donors (Lipinski definition) is 1. The van der Waals surface area contributed by atoms with Gasteiger partial charge in [0.1, 0.15) is 5.82 Å². The number of nitrogens with one attached hydrogen (secondary N) is 1. The molecular weight excluding hydrogens is 306 g/mol. The molecule has 1 fully saturated rings. The summed E-state index contributed by atoms with van der Waals surface area (Å²) >= 11 is 6.01. The minimum Gasteiger partial charge on any atom is -0.323 e. The first-order chi connectivity index (χ1) is 11.3. The topological polar surface area (TPSA) is 29.9 Å². The number of benzene rings is 2. The Kier molecular flexibility index (Phi) is 4.06. The van der Waals surface area contributed by atoms with E-state index in [9.17, 15) is 0 Å². The molecule has 1 aromatic heterocycles. The predicted octanol–water partition coefficient (Wildman–Crippen LogP) is 3.89. The SMILES string of the molecule is Clc1ccc(Cn2c(CC3CCNC3)nc3ccccc32)cc1. The molecule has 1 aliphatic heterocycles. The van der Waals surface area contributed by atoms with Crippen LogP contribution in [0.25, 0.3) is 11.0 Å². The lowest BCUT2D eigenvalue weighted by Crippen LogP contribution is -2.14. The van der Waals surface area contributed by atoms with Gasteiger partial charge in [0.05, 0.1) is 11.0 Å². The van der Waals surface area contributed by atoms with Crippen molar-refractivity contribution in [3.8, 4) is 0 Å². The van der Waals surface area contributed by atoms with E-state index in [-0.39, 0.29) is 0 Å². The van der Waals surface area contributed by atoms with Gasteiger partial charge in [-0.2, -0.15) is 0 Å². The molecule has 1 saturated heterocycles. The Bertz CT molecular complexity index is 801. The van der Waals surface area contributed by atoms with Crippen molar-refractivity contribution in [1.29, 1.82) is 0 Å². The Hall–Kier alpha value is -1.84. The maximum Gasteiger partial charge on any atom is 0.110 e. The van der Waals surface area contributed by atoms with Crippen LogP contribution in [0.2, 0.25) is 5.02 Å². The second kappa shape index (κ2) is 6.34. The van der Waals surface area contributed by atoms with Crippen molar-refractivity contribution in [1.82, 2.24) is 14.9 Å². The highest BCUT2D eigenvalue weighted by atomic mass is 35.5. The van der Waals surface area contributed by atoms with Crippen LogP contribution < -0.4 is 5.32 Å². The van der Waals surface area contributed by atoms with Crippen LogP contribution >= 0.6 is 11.6 Å². The van der Waals surface area contributed by atoms with E-state index in [0.29, 0.717) is 5.92 Å². The molecule has 23 heavy (non-hydrogen) atoms. The van der Waals surface area contributed by atoms with E-state index in [4.69, 9.17) is 16.6 Å². The minimum absolute atomic E-state index is 0.691. The summed E-state index contributed by atoms with van der Waals surface area (Å²) in [6.07, 6.45) is 2.28. The molecule has 4 rings (SSSR count). The van der Waals surface area contributed by atoms with Gasteiger partial charge in [-0.25, -0.2) is 4.98 Å².